The summed E-state index contributed by atoms with van der Waals surface area (Å²) in [6, 6.07) is 11.5. The SMILES string of the molecule is Cc1ccc(-c2cc(Oc3cccnc3C)ccn2)cn1. The first kappa shape index (κ1) is 13.2. The van der Waals surface area contributed by atoms with Crippen molar-refractivity contribution >= 4 is 0 Å². The summed E-state index contributed by atoms with van der Waals surface area (Å²) in [6.07, 6.45) is 5.30. The van der Waals surface area contributed by atoms with Crippen LogP contribution in [0.2, 0.25) is 0 Å². The molecule has 0 spiro atoms. The van der Waals surface area contributed by atoms with Gasteiger partial charge in [0.1, 0.15) is 11.5 Å². The first-order valence-electron chi connectivity index (χ1n) is 6.71. The molecule has 21 heavy (non-hydrogen) atoms. The molecule has 0 N–H and O–H groups in total. The van der Waals surface area contributed by atoms with Crippen molar-refractivity contribution in [1.82, 2.24) is 15.0 Å². The largest absolute Gasteiger partial charge is 0.455 e. The molecule has 0 amide bonds. The standard InChI is InChI=1S/C17H15N3O/c1-12-5-6-14(11-20-12)16-10-15(7-9-19-16)21-17-4-3-8-18-13(17)2/h3-11H,1-2H3. The summed E-state index contributed by atoms with van der Waals surface area (Å²) in [4.78, 5) is 12.9. The molecule has 0 unspecified atom stereocenters. The number of aryl methyl sites for hydroxylation is 2. The van der Waals surface area contributed by atoms with Crippen molar-refractivity contribution < 1.29 is 4.74 Å². The molecule has 3 heterocycles. The lowest BCUT2D eigenvalue weighted by Gasteiger charge is -2.08. The molecule has 0 saturated heterocycles. The van der Waals surface area contributed by atoms with Crippen molar-refractivity contribution in [3.63, 3.8) is 0 Å². The third kappa shape index (κ3) is 3.05. The highest BCUT2D eigenvalue weighted by Gasteiger charge is 2.05. The van der Waals surface area contributed by atoms with E-state index >= 15 is 0 Å². The number of nitrogens with zero attached hydrogens (tertiary/aromatic N) is 3. The number of hydrogen-bond acceptors (Lipinski definition) is 4. The molecule has 0 aliphatic rings. The fourth-order valence-electron chi connectivity index (χ4n) is 1.96. The molecule has 0 saturated carbocycles. The van der Waals surface area contributed by atoms with Gasteiger partial charge in [0.25, 0.3) is 0 Å². The summed E-state index contributed by atoms with van der Waals surface area (Å²) in [7, 11) is 0. The van der Waals surface area contributed by atoms with Crippen LogP contribution in [0.5, 0.6) is 11.5 Å². The van der Waals surface area contributed by atoms with E-state index in [1.165, 1.54) is 0 Å². The van der Waals surface area contributed by atoms with Gasteiger partial charge in [-0.25, -0.2) is 0 Å². The Morgan fingerprint density at radius 3 is 2.57 bits per heavy atom. The molecule has 0 aromatic carbocycles. The number of hydrogen-bond donors (Lipinski definition) is 0. The van der Waals surface area contributed by atoms with E-state index in [9.17, 15) is 0 Å². The minimum atomic E-state index is 0.733. The zero-order valence-corrected chi connectivity index (χ0v) is 11.9. The minimum Gasteiger partial charge on any atom is -0.455 e. The molecule has 3 rings (SSSR count). The van der Waals surface area contributed by atoms with Gasteiger partial charge < -0.3 is 4.74 Å². The topological polar surface area (TPSA) is 47.9 Å². The molecule has 0 aliphatic heterocycles. The Kier molecular flexibility index (Phi) is 3.60. The second-order valence-corrected chi connectivity index (χ2v) is 4.75. The van der Waals surface area contributed by atoms with Gasteiger partial charge in [-0.2, -0.15) is 0 Å². The van der Waals surface area contributed by atoms with Crippen molar-refractivity contribution in [3.05, 3.63) is 66.4 Å². The maximum Gasteiger partial charge on any atom is 0.148 e. The second-order valence-electron chi connectivity index (χ2n) is 4.75. The lowest BCUT2D eigenvalue weighted by Crippen LogP contribution is -1.91. The molecular formula is C17H15N3O. The van der Waals surface area contributed by atoms with Gasteiger partial charge in [-0.1, -0.05) is 0 Å². The van der Waals surface area contributed by atoms with Crippen LogP contribution in [0.25, 0.3) is 11.3 Å². The van der Waals surface area contributed by atoms with Gasteiger partial charge in [0, 0.05) is 35.9 Å². The molecule has 3 aromatic heterocycles. The Morgan fingerprint density at radius 1 is 0.905 bits per heavy atom. The average molecular weight is 277 g/mol. The molecular weight excluding hydrogens is 262 g/mol. The smallest absolute Gasteiger partial charge is 0.148 e. The molecule has 4 heteroatoms. The molecule has 0 atom stereocenters. The highest BCUT2D eigenvalue weighted by Crippen LogP contribution is 2.26. The van der Waals surface area contributed by atoms with Crippen molar-refractivity contribution in [2.45, 2.75) is 13.8 Å². The van der Waals surface area contributed by atoms with E-state index in [0.717, 1.165) is 34.1 Å². The summed E-state index contributed by atoms with van der Waals surface area (Å²) in [6.45, 7) is 3.88. The number of aromatic nitrogens is 3. The Morgan fingerprint density at radius 2 is 1.81 bits per heavy atom. The van der Waals surface area contributed by atoms with Crippen LogP contribution >= 0.6 is 0 Å². The van der Waals surface area contributed by atoms with Gasteiger partial charge in [-0.05, 0) is 44.2 Å². The summed E-state index contributed by atoms with van der Waals surface area (Å²) < 4.78 is 5.87. The van der Waals surface area contributed by atoms with Crippen LogP contribution in [-0.4, -0.2) is 15.0 Å². The first-order valence-corrected chi connectivity index (χ1v) is 6.71. The van der Waals surface area contributed by atoms with E-state index in [-0.39, 0.29) is 0 Å². The van der Waals surface area contributed by atoms with E-state index in [2.05, 4.69) is 15.0 Å². The van der Waals surface area contributed by atoms with Gasteiger partial charge in [0.05, 0.1) is 11.4 Å². The molecule has 0 aliphatic carbocycles. The van der Waals surface area contributed by atoms with Crippen LogP contribution in [0.1, 0.15) is 11.4 Å². The molecule has 0 radical (unpaired) electrons. The van der Waals surface area contributed by atoms with E-state index in [4.69, 9.17) is 4.74 Å². The highest BCUT2D eigenvalue weighted by atomic mass is 16.5. The third-order valence-corrected chi connectivity index (χ3v) is 3.12. The van der Waals surface area contributed by atoms with Crippen LogP contribution in [-0.2, 0) is 0 Å². The van der Waals surface area contributed by atoms with E-state index in [1.807, 2.05) is 56.4 Å². The van der Waals surface area contributed by atoms with Gasteiger partial charge in [0.15, 0.2) is 0 Å². The van der Waals surface area contributed by atoms with Crippen molar-refractivity contribution in [3.8, 4) is 22.8 Å². The number of pyridine rings is 3. The van der Waals surface area contributed by atoms with Crippen LogP contribution in [0.3, 0.4) is 0 Å². The maximum absolute atomic E-state index is 5.87. The molecule has 0 bridgehead atoms. The summed E-state index contributed by atoms with van der Waals surface area (Å²) >= 11 is 0. The minimum absolute atomic E-state index is 0.733. The lowest BCUT2D eigenvalue weighted by molar-refractivity contribution is 0.475. The molecule has 104 valence electrons. The van der Waals surface area contributed by atoms with E-state index in [1.54, 1.807) is 12.4 Å². The van der Waals surface area contributed by atoms with Crippen LogP contribution < -0.4 is 4.74 Å². The van der Waals surface area contributed by atoms with Crippen molar-refractivity contribution in [2.24, 2.45) is 0 Å². The van der Waals surface area contributed by atoms with Crippen molar-refractivity contribution in [2.75, 3.05) is 0 Å². The quantitative estimate of drug-likeness (QED) is 0.727. The van der Waals surface area contributed by atoms with Crippen LogP contribution in [0.4, 0.5) is 0 Å². The molecule has 0 fully saturated rings. The lowest BCUT2D eigenvalue weighted by atomic mass is 10.2. The zero-order chi connectivity index (χ0) is 14.7. The Balaban J connectivity index is 1.90. The fraction of sp³-hybridized carbons (Fsp3) is 0.118. The zero-order valence-electron chi connectivity index (χ0n) is 11.9. The second kappa shape index (κ2) is 5.71. The van der Waals surface area contributed by atoms with Crippen LogP contribution in [0, 0.1) is 13.8 Å². The summed E-state index contributed by atoms with van der Waals surface area (Å²) in [5, 5.41) is 0. The Hall–Kier alpha value is -2.75. The number of ether oxygens (including phenoxy) is 1. The predicted molar refractivity (Wildman–Crippen MR) is 81.3 cm³/mol. The van der Waals surface area contributed by atoms with Gasteiger partial charge >= 0.3 is 0 Å². The molecule has 4 nitrogen and oxygen atoms in total. The molecule has 3 aromatic rings. The normalized spacial score (nSPS) is 10.4. The highest BCUT2D eigenvalue weighted by molar-refractivity contribution is 5.59. The van der Waals surface area contributed by atoms with Gasteiger partial charge in [0.2, 0.25) is 0 Å². The van der Waals surface area contributed by atoms with Gasteiger partial charge in [-0.3, -0.25) is 15.0 Å². The Bertz CT molecular complexity index is 754. The summed E-state index contributed by atoms with van der Waals surface area (Å²) in [5.74, 6) is 1.48. The van der Waals surface area contributed by atoms with Crippen LogP contribution in [0.15, 0.2) is 55.0 Å². The first-order chi connectivity index (χ1) is 10.2. The summed E-state index contributed by atoms with van der Waals surface area (Å²) in [5.41, 5.74) is 3.64. The fourth-order valence-corrected chi connectivity index (χ4v) is 1.96. The Labute approximate surface area is 123 Å². The van der Waals surface area contributed by atoms with E-state index in [0.29, 0.717) is 0 Å². The van der Waals surface area contributed by atoms with Crippen molar-refractivity contribution in [1.29, 1.82) is 0 Å². The average Bonchev–Trinajstić information content (AvgIpc) is 2.51. The monoisotopic (exact) mass is 277 g/mol. The van der Waals surface area contributed by atoms with Gasteiger partial charge in [-0.15, -0.1) is 0 Å². The number of rotatable bonds is 3. The van der Waals surface area contributed by atoms with E-state index < -0.39 is 0 Å². The third-order valence-electron chi connectivity index (χ3n) is 3.12. The predicted octanol–water partition coefficient (Wildman–Crippen LogP) is 3.95. The maximum atomic E-state index is 5.87.